The van der Waals surface area contributed by atoms with Gasteiger partial charge in [0, 0.05) is 18.5 Å². The third-order valence-electron chi connectivity index (χ3n) is 4.18. The number of amides is 1. The molecular weight excluding hydrogens is 294 g/mol. The van der Waals surface area contributed by atoms with E-state index in [1.54, 1.807) is 17.0 Å². The lowest BCUT2D eigenvalue weighted by Crippen LogP contribution is -2.44. The Bertz CT molecular complexity index is 678. The molecule has 5 nitrogen and oxygen atoms in total. The van der Waals surface area contributed by atoms with Gasteiger partial charge in [-0.25, -0.2) is 4.79 Å². The second kappa shape index (κ2) is 6.44. The molecule has 0 radical (unpaired) electrons. The molecule has 2 aromatic rings. The Morgan fingerprint density at radius 3 is 2.61 bits per heavy atom. The molecule has 0 bridgehead atoms. The maximum Gasteiger partial charge on any atom is 0.374 e. The van der Waals surface area contributed by atoms with Crippen LogP contribution in [0.5, 0.6) is 0 Å². The van der Waals surface area contributed by atoms with Crippen LogP contribution in [-0.4, -0.2) is 36.5 Å². The number of ether oxygens (including phenoxy) is 1. The molecule has 1 aliphatic heterocycles. The van der Waals surface area contributed by atoms with Crippen LogP contribution in [0.25, 0.3) is 11.0 Å². The number of hydrogen-bond donors (Lipinski definition) is 0. The summed E-state index contributed by atoms with van der Waals surface area (Å²) in [6, 6.07) is 8.98. The van der Waals surface area contributed by atoms with E-state index in [-0.39, 0.29) is 18.3 Å². The third kappa shape index (κ3) is 3.55. The zero-order valence-corrected chi connectivity index (χ0v) is 13.5. The summed E-state index contributed by atoms with van der Waals surface area (Å²) in [5, 5.41) is 0.837. The molecule has 1 fully saturated rings. The number of nitrogens with zero attached hydrogens (tertiary/aromatic N) is 1. The standard InChI is InChI=1S/C18H21NO4/c1-12-7-13(2)10-19(9-12)17(20)11-22-18(21)16-8-14-5-3-4-6-15(14)23-16/h3-6,8,12-13H,7,9-11H2,1-2H3/t12-,13+. The number of esters is 1. The van der Waals surface area contributed by atoms with Crippen LogP contribution in [-0.2, 0) is 9.53 Å². The Kier molecular flexibility index (Phi) is 4.37. The monoisotopic (exact) mass is 315 g/mol. The molecule has 1 saturated heterocycles. The van der Waals surface area contributed by atoms with Crippen molar-refractivity contribution in [1.29, 1.82) is 0 Å². The molecule has 1 aromatic carbocycles. The lowest BCUT2D eigenvalue weighted by atomic mass is 9.92. The Balaban J connectivity index is 1.59. The van der Waals surface area contributed by atoms with E-state index in [0.717, 1.165) is 24.9 Å². The summed E-state index contributed by atoms with van der Waals surface area (Å²) in [5.41, 5.74) is 0.629. The number of hydrogen-bond acceptors (Lipinski definition) is 4. The molecule has 2 heterocycles. The van der Waals surface area contributed by atoms with Crippen LogP contribution >= 0.6 is 0 Å². The normalized spacial score (nSPS) is 21.4. The number of carbonyl (C=O) groups is 2. The number of furan rings is 1. The van der Waals surface area contributed by atoms with Crippen LogP contribution in [0, 0.1) is 11.8 Å². The number of para-hydroxylation sites is 1. The molecule has 5 heteroatoms. The van der Waals surface area contributed by atoms with Crippen LogP contribution in [0.3, 0.4) is 0 Å². The van der Waals surface area contributed by atoms with E-state index in [0.29, 0.717) is 17.4 Å². The predicted octanol–water partition coefficient (Wildman–Crippen LogP) is 3.09. The van der Waals surface area contributed by atoms with E-state index in [4.69, 9.17) is 9.15 Å². The summed E-state index contributed by atoms with van der Waals surface area (Å²) >= 11 is 0. The fraction of sp³-hybridized carbons (Fsp3) is 0.444. The molecule has 23 heavy (non-hydrogen) atoms. The largest absolute Gasteiger partial charge is 0.450 e. The number of carbonyl (C=O) groups excluding carboxylic acids is 2. The van der Waals surface area contributed by atoms with Crippen molar-refractivity contribution in [3.8, 4) is 0 Å². The average molecular weight is 315 g/mol. The molecular formula is C18H21NO4. The topological polar surface area (TPSA) is 59.8 Å². The fourth-order valence-electron chi connectivity index (χ4n) is 3.24. The molecule has 0 unspecified atom stereocenters. The van der Waals surface area contributed by atoms with Gasteiger partial charge in [-0.2, -0.15) is 0 Å². The summed E-state index contributed by atoms with van der Waals surface area (Å²) in [7, 11) is 0. The van der Waals surface area contributed by atoms with E-state index >= 15 is 0 Å². The second-order valence-corrected chi connectivity index (χ2v) is 6.47. The Morgan fingerprint density at radius 2 is 1.91 bits per heavy atom. The summed E-state index contributed by atoms with van der Waals surface area (Å²) < 4.78 is 10.6. The van der Waals surface area contributed by atoms with Gasteiger partial charge in [0.25, 0.3) is 5.91 Å². The summed E-state index contributed by atoms with van der Waals surface area (Å²) in [6.07, 6.45) is 1.13. The molecule has 1 aromatic heterocycles. The Hall–Kier alpha value is -2.30. The van der Waals surface area contributed by atoms with Crippen molar-refractivity contribution >= 4 is 22.8 Å². The van der Waals surface area contributed by atoms with Gasteiger partial charge in [-0.15, -0.1) is 0 Å². The Labute approximate surface area is 135 Å². The van der Waals surface area contributed by atoms with Crippen molar-refractivity contribution < 1.29 is 18.7 Å². The molecule has 0 aliphatic carbocycles. The number of fused-ring (bicyclic) bond motifs is 1. The minimum atomic E-state index is -0.604. The van der Waals surface area contributed by atoms with Crippen LogP contribution in [0.15, 0.2) is 34.7 Å². The summed E-state index contributed by atoms with van der Waals surface area (Å²) in [6.45, 7) is 5.48. The van der Waals surface area contributed by atoms with Crippen molar-refractivity contribution in [2.75, 3.05) is 19.7 Å². The first-order chi connectivity index (χ1) is 11.0. The highest BCUT2D eigenvalue weighted by atomic mass is 16.5. The van der Waals surface area contributed by atoms with Gasteiger partial charge < -0.3 is 14.1 Å². The second-order valence-electron chi connectivity index (χ2n) is 6.47. The van der Waals surface area contributed by atoms with Gasteiger partial charge in [-0.05, 0) is 30.4 Å². The van der Waals surface area contributed by atoms with E-state index in [1.807, 2.05) is 18.2 Å². The predicted molar refractivity (Wildman–Crippen MR) is 86.0 cm³/mol. The van der Waals surface area contributed by atoms with Crippen molar-refractivity contribution in [1.82, 2.24) is 4.90 Å². The van der Waals surface area contributed by atoms with E-state index < -0.39 is 5.97 Å². The van der Waals surface area contributed by atoms with E-state index in [9.17, 15) is 9.59 Å². The maximum atomic E-state index is 12.2. The van der Waals surface area contributed by atoms with Crippen molar-refractivity contribution in [3.05, 3.63) is 36.1 Å². The smallest absolute Gasteiger partial charge is 0.374 e. The minimum absolute atomic E-state index is 0.124. The first-order valence-electron chi connectivity index (χ1n) is 7.96. The van der Waals surface area contributed by atoms with Gasteiger partial charge in [-0.3, -0.25) is 4.79 Å². The van der Waals surface area contributed by atoms with E-state index in [2.05, 4.69) is 13.8 Å². The first kappa shape index (κ1) is 15.6. The van der Waals surface area contributed by atoms with Crippen molar-refractivity contribution in [2.45, 2.75) is 20.3 Å². The number of piperidine rings is 1. The average Bonchev–Trinajstić information content (AvgIpc) is 2.95. The van der Waals surface area contributed by atoms with Crippen LogP contribution in [0.2, 0.25) is 0 Å². The van der Waals surface area contributed by atoms with Gasteiger partial charge >= 0.3 is 5.97 Å². The van der Waals surface area contributed by atoms with Gasteiger partial charge in [0.05, 0.1) is 0 Å². The van der Waals surface area contributed by atoms with Gasteiger partial charge in [0.2, 0.25) is 5.76 Å². The van der Waals surface area contributed by atoms with Crippen LogP contribution < -0.4 is 0 Å². The molecule has 2 atom stereocenters. The molecule has 0 spiro atoms. The number of likely N-dealkylation sites (tertiary alicyclic amines) is 1. The highest BCUT2D eigenvalue weighted by molar-refractivity contribution is 5.93. The molecule has 0 N–H and O–H groups in total. The van der Waals surface area contributed by atoms with Crippen molar-refractivity contribution in [3.63, 3.8) is 0 Å². The lowest BCUT2D eigenvalue weighted by molar-refractivity contribution is -0.137. The van der Waals surface area contributed by atoms with E-state index in [1.165, 1.54) is 0 Å². The summed E-state index contributed by atoms with van der Waals surface area (Å²) in [5.74, 6) is 0.336. The van der Waals surface area contributed by atoms with Gasteiger partial charge in [0.15, 0.2) is 6.61 Å². The third-order valence-corrected chi connectivity index (χ3v) is 4.18. The van der Waals surface area contributed by atoms with Crippen molar-refractivity contribution in [2.24, 2.45) is 11.8 Å². The molecule has 0 saturated carbocycles. The van der Waals surface area contributed by atoms with Gasteiger partial charge in [0.1, 0.15) is 5.58 Å². The Morgan fingerprint density at radius 1 is 1.22 bits per heavy atom. The molecule has 3 rings (SSSR count). The molecule has 1 amide bonds. The minimum Gasteiger partial charge on any atom is -0.450 e. The zero-order chi connectivity index (χ0) is 16.4. The first-order valence-corrected chi connectivity index (χ1v) is 7.96. The quantitative estimate of drug-likeness (QED) is 0.817. The number of rotatable bonds is 3. The van der Waals surface area contributed by atoms with Gasteiger partial charge in [-0.1, -0.05) is 32.0 Å². The number of benzene rings is 1. The zero-order valence-electron chi connectivity index (χ0n) is 13.5. The highest BCUT2D eigenvalue weighted by Gasteiger charge is 2.26. The lowest BCUT2D eigenvalue weighted by Gasteiger charge is -2.34. The molecule has 1 aliphatic rings. The SMILES string of the molecule is C[C@@H]1C[C@H](C)CN(C(=O)COC(=O)c2cc3ccccc3o2)C1. The van der Waals surface area contributed by atoms with Crippen LogP contribution in [0.1, 0.15) is 30.8 Å². The highest BCUT2D eigenvalue weighted by Crippen LogP contribution is 2.22. The summed E-state index contributed by atoms with van der Waals surface area (Å²) in [4.78, 5) is 26.0. The molecule has 122 valence electrons. The maximum absolute atomic E-state index is 12.2. The van der Waals surface area contributed by atoms with Crippen LogP contribution in [0.4, 0.5) is 0 Å². The fourth-order valence-corrected chi connectivity index (χ4v) is 3.24.